The van der Waals surface area contributed by atoms with Crippen molar-refractivity contribution >= 4 is 5.95 Å². The summed E-state index contributed by atoms with van der Waals surface area (Å²) in [7, 11) is 0. The number of imidazole rings is 1. The van der Waals surface area contributed by atoms with Crippen LogP contribution >= 0.6 is 0 Å². The molecule has 0 atom stereocenters. The molecule has 0 bridgehead atoms. The van der Waals surface area contributed by atoms with E-state index in [1.54, 1.807) is 12.4 Å². The lowest BCUT2D eigenvalue weighted by Crippen LogP contribution is -2.24. The monoisotopic (exact) mass is 229 g/mol. The van der Waals surface area contributed by atoms with E-state index in [1.807, 2.05) is 0 Å². The summed E-state index contributed by atoms with van der Waals surface area (Å²) < 4.78 is 26.0. The summed E-state index contributed by atoms with van der Waals surface area (Å²) in [6.07, 6.45) is 6.76. The number of nitrogens with zero attached hydrogens (tertiary/aromatic N) is 2. The number of halogens is 2. The number of rotatable bonds is 4. The molecule has 1 saturated carbocycles. The molecule has 0 unspecified atom stereocenters. The Morgan fingerprint density at radius 2 is 2.12 bits per heavy atom. The molecule has 1 aliphatic carbocycles. The fourth-order valence-electron chi connectivity index (χ4n) is 2.17. The van der Waals surface area contributed by atoms with Crippen molar-refractivity contribution in [3.63, 3.8) is 0 Å². The van der Waals surface area contributed by atoms with Crippen molar-refractivity contribution in [2.24, 2.45) is 0 Å². The van der Waals surface area contributed by atoms with Crippen molar-refractivity contribution in [1.29, 1.82) is 0 Å². The highest BCUT2D eigenvalue weighted by molar-refractivity contribution is 5.27. The Kier molecular flexibility index (Phi) is 3.74. The molecule has 0 amide bonds. The van der Waals surface area contributed by atoms with Crippen LogP contribution in [-0.4, -0.2) is 22.0 Å². The SMILES string of the molecule is FC(F)Cn1ccnc1NC1CCCCC1. The predicted octanol–water partition coefficient (Wildman–Crippen LogP) is 2.89. The van der Waals surface area contributed by atoms with Gasteiger partial charge in [0.15, 0.2) is 0 Å². The van der Waals surface area contributed by atoms with Crippen LogP contribution in [-0.2, 0) is 6.54 Å². The minimum absolute atomic E-state index is 0.283. The summed E-state index contributed by atoms with van der Waals surface area (Å²) in [5.74, 6) is 0.576. The second-order valence-electron chi connectivity index (χ2n) is 4.27. The molecule has 0 spiro atoms. The summed E-state index contributed by atoms with van der Waals surface area (Å²) in [5.41, 5.74) is 0. The quantitative estimate of drug-likeness (QED) is 0.860. The first-order chi connectivity index (χ1) is 7.75. The third-order valence-corrected chi connectivity index (χ3v) is 2.99. The first-order valence-corrected chi connectivity index (χ1v) is 5.81. The van der Waals surface area contributed by atoms with E-state index in [0.717, 1.165) is 12.8 Å². The Morgan fingerprint density at radius 1 is 1.38 bits per heavy atom. The van der Waals surface area contributed by atoms with Crippen LogP contribution in [0.2, 0.25) is 0 Å². The first kappa shape index (κ1) is 11.4. The minimum Gasteiger partial charge on any atom is -0.353 e. The van der Waals surface area contributed by atoms with Gasteiger partial charge in [-0.2, -0.15) is 0 Å². The molecule has 16 heavy (non-hydrogen) atoms. The molecule has 0 saturated heterocycles. The largest absolute Gasteiger partial charge is 0.353 e. The fraction of sp³-hybridized carbons (Fsp3) is 0.727. The molecule has 3 nitrogen and oxygen atoms in total. The Balaban J connectivity index is 1.94. The smallest absolute Gasteiger partial charge is 0.256 e. The van der Waals surface area contributed by atoms with Crippen LogP contribution in [0.5, 0.6) is 0 Å². The summed E-state index contributed by atoms with van der Waals surface area (Å²) in [5, 5.41) is 3.25. The molecule has 5 heteroatoms. The van der Waals surface area contributed by atoms with E-state index < -0.39 is 6.43 Å². The molecule has 1 aromatic rings. The van der Waals surface area contributed by atoms with E-state index in [0.29, 0.717) is 12.0 Å². The Labute approximate surface area is 93.9 Å². The van der Waals surface area contributed by atoms with Gasteiger partial charge < -0.3 is 9.88 Å². The van der Waals surface area contributed by atoms with Crippen molar-refractivity contribution < 1.29 is 8.78 Å². The Bertz CT molecular complexity index is 319. The molecular weight excluding hydrogens is 212 g/mol. The molecule has 1 fully saturated rings. The van der Waals surface area contributed by atoms with Gasteiger partial charge in [0.25, 0.3) is 6.43 Å². The van der Waals surface area contributed by atoms with Crippen LogP contribution < -0.4 is 5.32 Å². The normalized spacial score (nSPS) is 17.9. The van der Waals surface area contributed by atoms with E-state index in [4.69, 9.17) is 0 Å². The van der Waals surface area contributed by atoms with Crippen LogP contribution in [0.1, 0.15) is 32.1 Å². The standard InChI is InChI=1S/C11H17F2N3/c12-10(13)8-16-7-6-14-11(16)15-9-4-2-1-3-5-9/h6-7,9-10H,1-5,8H2,(H,14,15). The number of aromatic nitrogens is 2. The van der Waals surface area contributed by atoms with Gasteiger partial charge in [0.1, 0.15) is 0 Å². The van der Waals surface area contributed by atoms with E-state index >= 15 is 0 Å². The molecule has 2 rings (SSSR count). The number of hydrogen-bond donors (Lipinski definition) is 1. The molecule has 90 valence electrons. The average molecular weight is 229 g/mol. The van der Waals surface area contributed by atoms with E-state index in [2.05, 4.69) is 10.3 Å². The van der Waals surface area contributed by atoms with Crippen molar-refractivity contribution in [3.8, 4) is 0 Å². The van der Waals surface area contributed by atoms with Gasteiger partial charge in [0.05, 0.1) is 6.54 Å². The highest BCUT2D eigenvalue weighted by atomic mass is 19.3. The Morgan fingerprint density at radius 3 is 2.81 bits per heavy atom. The predicted molar refractivity (Wildman–Crippen MR) is 58.7 cm³/mol. The van der Waals surface area contributed by atoms with Gasteiger partial charge in [-0.05, 0) is 12.8 Å². The molecule has 1 aromatic heterocycles. The lowest BCUT2D eigenvalue weighted by molar-refractivity contribution is 0.127. The highest BCUT2D eigenvalue weighted by Gasteiger charge is 2.16. The van der Waals surface area contributed by atoms with Gasteiger partial charge in [-0.15, -0.1) is 0 Å². The van der Waals surface area contributed by atoms with Crippen LogP contribution in [0.15, 0.2) is 12.4 Å². The van der Waals surface area contributed by atoms with Gasteiger partial charge in [0.2, 0.25) is 5.95 Å². The summed E-state index contributed by atoms with van der Waals surface area (Å²) >= 11 is 0. The van der Waals surface area contributed by atoms with Crippen LogP contribution in [0.3, 0.4) is 0 Å². The molecule has 1 heterocycles. The van der Waals surface area contributed by atoms with Crippen molar-refractivity contribution in [2.45, 2.75) is 51.1 Å². The number of anilines is 1. The molecule has 1 aliphatic rings. The maximum Gasteiger partial charge on any atom is 0.256 e. The maximum absolute atomic E-state index is 12.3. The molecule has 0 radical (unpaired) electrons. The zero-order chi connectivity index (χ0) is 11.4. The third-order valence-electron chi connectivity index (χ3n) is 2.99. The van der Waals surface area contributed by atoms with Crippen molar-refractivity contribution in [3.05, 3.63) is 12.4 Å². The second kappa shape index (κ2) is 5.27. The third kappa shape index (κ3) is 2.93. The lowest BCUT2D eigenvalue weighted by Gasteiger charge is -2.23. The maximum atomic E-state index is 12.3. The highest BCUT2D eigenvalue weighted by Crippen LogP contribution is 2.21. The van der Waals surface area contributed by atoms with E-state index in [1.165, 1.54) is 23.8 Å². The Hall–Kier alpha value is -1.13. The van der Waals surface area contributed by atoms with Crippen molar-refractivity contribution in [1.82, 2.24) is 9.55 Å². The molecular formula is C11H17F2N3. The minimum atomic E-state index is -2.33. The number of hydrogen-bond acceptors (Lipinski definition) is 2. The van der Waals surface area contributed by atoms with Crippen LogP contribution in [0.25, 0.3) is 0 Å². The van der Waals surface area contributed by atoms with Gasteiger partial charge in [-0.3, -0.25) is 0 Å². The lowest BCUT2D eigenvalue weighted by atomic mass is 9.96. The zero-order valence-corrected chi connectivity index (χ0v) is 9.20. The van der Waals surface area contributed by atoms with E-state index in [-0.39, 0.29) is 6.54 Å². The van der Waals surface area contributed by atoms with Crippen LogP contribution in [0, 0.1) is 0 Å². The first-order valence-electron chi connectivity index (χ1n) is 5.81. The summed E-state index contributed by atoms with van der Waals surface area (Å²) in [4.78, 5) is 4.08. The average Bonchev–Trinajstić information content (AvgIpc) is 2.66. The molecule has 1 N–H and O–H groups in total. The number of nitrogens with one attached hydrogen (secondary N) is 1. The van der Waals surface area contributed by atoms with Gasteiger partial charge in [-0.25, -0.2) is 13.8 Å². The summed E-state index contributed by atoms with van der Waals surface area (Å²) in [6, 6.07) is 0.396. The van der Waals surface area contributed by atoms with Crippen LogP contribution in [0.4, 0.5) is 14.7 Å². The molecule has 0 aromatic carbocycles. The van der Waals surface area contributed by atoms with Crippen molar-refractivity contribution in [2.75, 3.05) is 5.32 Å². The second-order valence-corrected chi connectivity index (χ2v) is 4.27. The topological polar surface area (TPSA) is 29.9 Å². The summed E-state index contributed by atoms with van der Waals surface area (Å²) in [6.45, 7) is -0.283. The van der Waals surface area contributed by atoms with Gasteiger partial charge >= 0.3 is 0 Å². The molecule has 0 aliphatic heterocycles. The van der Waals surface area contributed by atoms with Gasteiger partial charge in [-0.1, -0.05) is 19.3 Å². The van der Waals surface area contributed by atoms with E-state index in [9.17, 15) is 8.78 Å². The van der Waals surface area contributed by atoms with Gasteiger partial charge in [0, 0.05) is 18.4 Å². The number of alkyl halides is 2. The fourth-order valence-corrected chi connectivity index (χ4v) is 2.17. The zero-order valence-electron chi connectivity index (χ0n) is 9.20.